The summed E-state index contributed by atoms with van der Waals surface area (Å²) in [5.74, 6) is 0. The van der Waals surface area contributed by atoms with Crippen molar-refractivity contribution in [3.8, 4) is 0 Å². The predicted octanol–water partition coefficient (Wildman–Crippen LogP) is 2.69. The lowest BCUT2D eigenvalue weighted by Crippen LogP contribution is -2.32. The van der Waals surface area contributed by atoms with E-state index in [4.69, 9.17) is 0 Å². The van der Waals surface area contributed by atoms with Crippen molar-refractivity contribution >= 4 is 31.6 Å². The molecular formula is C15H20N2O3S2. The third-order valence-electron chi connectivity index (χ3n) is 4.07. The predicted molar refractivity (Wildman–Crippen MR) is 89.0 cm³/mol. The molecule has 7 heteroatoms. The number of sulfonamides is 1. The standard InChI is InChI=1S/C15H20N2O3S2/c1-2-9-17-13-8-7-12(10-14(13)21-15(17)18)22(19,20)16-11-5-3-4-6-11/h7-8,10-11,16H,2-6,9H2,1H3. The number of hydrogen-bond acceptors (Lipinski definition) is 4. The molecule has 2 aromatic rings. The van der Waals surface area contributed by atoms with Crippen LogP contribution >= 0.6 is 11.3 Å². The van der Waals surface area contributed by atoms with Crippen LogP contribution in [0.2, 0.25) is 0 Å². The van der Waals surface area contributed by atoms with Gasteiger partial charge in [0.2, 0.25) is 10.0 Å². The average Bonchev–Trinajstić information content (AvgIpc) is 3.07. The van der Waals surface area contributed by atoms with E-state index >= 15 is 0 Å². The molecule has 0 radical (unpaired) electrons. The smallest absolute Gasteiger partial charge is 0.299 e. The summed E-state index contributed by atoms with van der Waals surface area (Å²) in [5, 5.41) is 0. The Hall–Kier alpha value is -1.18. The molecular weight excluding hydrogens is 320 g/mol. The highest BCUT2D eigenvalue weighted by Gasteiger charge is 2.23. The Morgan fingerprint density at radius 1 is 1.32 bits per heavy atom. The summed E-state index contributed by atoms with van der Waals surface area (Å²) in [7, 11) is -3.51. The zero-order valence-corrected chi connectivity index (χ0v) is 14.2. The molecule has 1 aromatic carbocycles. The molecule has 5 nitrogen and oxygen atoms in total. The fourth-order valence-electron chi connectivity index (χ4n) is 2.98. The van der Waals surface area contributed by atoms with Crippen LogP contribution in [-0.4, -0.2) is 19.0 Å². The van der Waals surface area contributed by atoms with Gasteiger partial charge in [0.1, 0.15) is 0 Å². The molecule has 3 rings (SSSR count). The number of fused-ring (bicyclic) bond motifs is 1. The van der Waals surface area contributed by atoms with Gasteiger partial charge < -0.3 is 0 Å². The number of nitrogens with one attached hydrogen (secondary N) is 1. The van der Waals surface area contributed by atoms with Crippen molar-refractivity contribution in [3.05, 3.63) is 27.9 Å². The fourth-order valence-corrected chi connectivity index (χ4v) is 5.34. The quantitative estimate of drug-likeness (QED) is 0.910. The molecule has 1 aliphatic carbocycles. The number of nitrogens with zero attached hydrogens (tertiary/aromatic N) is 1. The average molecular weight is 340 g/mol. The second kappa shape index (κ2) is 6.14. The first-order valence-electron chi connectivity index (χ1n) is 7.67. The largest absolute Gasteiger partial charge is 0.308 e. The molecule has 1 N–H and O–H groups in total. The van der Waals surface area contributed by atoms with Crippen molar-refractivity contribution in [2.45, 2.75) is 56.5 Å². The SMILES string of the molecule is CCCn1c(=O)sc2cc(S(=O)(=O)NC3CCCC3)ccc21. The van der Waals surface area contributed by atoms with E-state index in [1.807, 2.05) is 6.92 Å². The van der Waals surface area contributed by atoms with E-state index in [-0.39, 0.29) is 15.8 Å². The van der Waals surface area contributed by atoms with Crippen molar-refractivity contribution in [3.63, 3.8) is 0 Å². The topological polar surface area (TPSA) is 68.2 Å². The van der Waals surface area contributed by atoms with Gasteiger partial charge in [0.25, 0.3) is 0 Å². The first-order chi connectivity index (χ1) is 10.5. The van der Waals surface area contributed by atoms with E-state index < -0.39 is 10.0 Å². The van der Waals surface area contributed by atoms with Crippen molar-refractivity contribution in [2.24, 2.45) is 0 Å². The molecule has 1 saturated carbocycles. The van der Waals surface area contributed by atoms with Gasteiger partial charge in [0.05, 0.1) is 15.1 Å². The highest BCUT2D eigenvalue weighted by atomic mass is 32.2. The fraction of sp³-hybridized carbons (Fsp3) is 0.533. The second-order valence-electron chi connectivity index (χ2n) is 5.75. The molecule has 22 heavy (non-hydrogen) atoms. The second-order valence-corrected chi connectivity index (χ2v) is 8.46. The number of aryl methyl sites for hydroxylation is 1. The number of thiazole rings is 1. The van der Waals surface area contributed by atoms with Crippen LogP contribution in [0.5, 0.6) is 0 Å². The molecule has 0 aliphatic heterocycles. The van der Waals surface area contributed by atoms with Gasteiger partial charge in [-0.3, -0.25) is 9.36 Å². The first-order valence-corrected chi connectivity index (χ1v) is 9.97. The Balaban J connectivity index is 1.96. The van der Waals surface area contributed by atoms with Crippen LogP contribution in [0.25, 0.3) is 10.2 Å². The summed E-state index contributed by atoms with van der Waals surface area (Å²) in [4.78, 5) is 12.2. The summed E-state index contributed by atoms with van der Waals surface area (Å²) in [6.07, 6.45) is 4.83. The minimum Gasteiger partial charge on any atom is -0.299 e. The molecule has 0 atom stereocenters. The van der Waals surface area contributed by atoms with Crippen LogP contribution in [0.4, 0.5) is 0 Å². The summed E-state index contributed by atoms with van der Waals surface area (Å²) >= 11 is 1.11. The van der Waals surface area contributed by atoms with Gasteiger partial charge in [-0.1, -0.05) is 31.1 Å². The normalized spacial score (nSPS) is 16.6. The Labute approximate surface area is 134 Å². The summed E-state index contributed by atoms with van der Waals surface area (Å²) in [6.45, 7) is 2.67. The maximum Gasteiger partial charge on any atom is 0.308 e. The molecule has 0 spiro atoms. The number of aromatic nitrogens is 1. The van der Waals surface area contributed by atoms with E-state index in [1.54, 1.807) is 22.8 Å². The van der Waals surface area contributed by atoms with Crippen molar-refractivity contribution in [1.82, 2.24) is 9.29 Å². The van der Waals surface area contributed by atoms with Gasteiger partial charge >= 0.3 is 4.87 Å². The molecule has 0 saturated heterocycles. The number of benzene rings is 1. The van der Waals surface area contributed by atoms with Gasteiger partial charge in [-0.15, -0.1) is 0 Å². The van der Waals surface area contributed by atoms with E-state index in [1.165, 1.54) is 0 Å². The lowest BCUT2D eigenvalue weighted by atomic mass is 10.3. The maximum absolute atomic E-state index is 12.5. The molecule has 0 unspecified atom stereocenters. The summed E-state index contributed by atoms with van der Waals surface area (Å²) in [5.41, 5.74) is 0.816. The van der Waals surface area contributed by atoms with E-state index in [0.29, 0.717) is 6.54 Å². The maximum atomic E-state index is 12.5. The van der Waals surface area contributed by atoms with Crippen LogP contribution in [0.15, 0.2) is 27.9 Å². The van der Waals surface area contributed by atoms with Gasteiger partial charge in [0, 0.05) is 12.6 Å². The van der Waals surface area contributed by atoms with Crippen molar-refractivity contribution in [2.75, 3.05) is 0 Å². The number of rotatable bonds is 5. The molecule has 1 aromatic heterocycles. The zero-order valence-electron chi connectivity index (χ0n) is 12.5. The monoisotopic (exact) mass is 340 g/mol. The Bertz CT molecular complexity index is 830. The minimum atomic E-state index is -3.51. The summed E-state index contributed by atoms with van der Waals surface area (Å²) < 4.78 is 30.1. The third-order valence-corrected chi connectivity index (χ3v) is 6.53. The Morgan fingerprint density at radius 2 is 2.05 bits per heavy atom. The van der Waals surface area contributed by atoms with Gasteiger partial charge in [-0.25, -0.2) is 13.1 Å². The molecule has 1 heterocycles. The highest BCUT2D eigenvalue weighted by Crippen LogP contribution is 2.24. The molecule has 1 aliphatic rings. The van der Waals surface area contributed by atoms with Crippen LogP contribution in [-0.2, 0) is 16.6 Å². The van der Waals surface area contributed by atoms with Crippen LogP contribution in [0.3, 0.4) is 0 Å². The van der Waals surface area contributed by atoms with Gasteiger partial charge in [-0.05, 0) is 37.5 Å². The Kier molecular flexibility index (Phi) is 4.38. The lowest BCUT2D eigenvalue weighted by Gasteiger charge is -2.12. The molecule has 0 amide bonds. The van der Waals surface area contributed by atoms with E-state index in [0.717, 1.165) is 53.7 Å². The van der Waals surface area contributed by atoms with Gasteiger partial charge in [-0.2, -0.15) is 0 Å². The lowest BCUT2D eigenvalue weighted by molar-refractivity contribution is 0.552. The van der Waals surface area contributed by atoms with Crippen molar-refractivity contribution < 1.29 is 8.42 Å². The summed E-state index contributed by atoms with van der Waals surface area (Å²) in [6, 6.07) is 5.00. The number of hydrogen-bond donors (Lipinski definition) is 1. The van der Waals surface area contributed by atoms with E-state index in [2.05, 4.69) is 4.72 Å². The molecule has 120 valence electrons. The molecule has 0 bridgehead atoms. The van der Waals surface area contributed by atoms with Crippen molar-refractivity contribution in [1.29, 1.82) is 0 Å². The van der Waals surface area contributed by atoms with Crippen LogP contribution in [0, 0.1) is 0 Å². The third kappa shape index (κ3) is 2.98. The van der Waals surface area contributed by atoms with Crippen LogP contribution in [0.1, 0.15) is 39.0 Å². The van der Waals surface area contributed by atoms with E-state index in [9.17, 15) is 13.2 Å². The van der Waals surface area contributed by atoms with Gasteiger partial charge in [0.15, 0.2) is 0 Å². The highest BCUT2D eigenvalue weighted by molar-refractivity contribution is 7.89. The first kappa shape index (κ1) is 15.7. The van der Waals surface area contributed by atoms with Crippen LogP contribution < -0.4 is 9.60 Å². The minimum absolute atomic E-state index is 0.0323. The molecule has 1 fully saturated rings. The Morgan fingerprint density at radius 3 is 2.73 bits per heavy atom. The zero-order chi connectivity index (χ0) is 15.7.